The van der Waals surface area contributed by atoms with E-state index in [0.717, 1.165) is 16.7 Å². The molecule has 5 aromatic rings. The number of allylic oxidation sites excluding steroid dienone is 1. The van der Waals surface area contributed by atoms with Gasteiger partial charge in [0, 0.05) is 11.4 Å². The van der Waals surface area contributed by atoms with Gasteiger partial charge < -0.3 is 20.1 Å². The molecule has 45 heavy (non-hydrogen) atoms. The van der Waals surface area contributed by atoms with Crippen LogP contribution in [0.1, 0.15) is 35.2 Å². The first-order chi connectivity index (χ1) is 21.9. The maximum absolute atomic E-state index is 14.3. The van der Waals surface area contributed by atoms with Crippen molar-refractivity contribution in [3.63, 3.8) is 0 Å². The molecule has 6 rings (SSSR count). The Morgan fingerprint density at radius 2 is 1.67 bits per heavy atom. The van der Waals surface area contributed by atoms with Crippen LogP contribution in [0.3, 0.4) is 0 Å². The second-order valence-electron chi connectivity index (χ2n) is 10.5. The molecule has 0 bridgehead atoms. The molecule has 1 aromatic heterocycles. The van der Waals surface area contributed by atoms with Gasteiger partial charge in [0.15, 0.2) is 0 Å². The van der Waals surface area contributed by atoms with E-state index in [2.05, 4.69) is 28.6 Å². The van der Waals surface area contributed by atoms with Crippen LogP contribution in [0.25, 0.3) is 0 Å². The summed E-state index contributed by atoms with van der Waals surface area (Å²) in [5, 5.41) is 11.5. The number of carbonyl (C=O) groups is 1. The van der Waals surface area contributed by atoms with Crippen molar-refractivity contribution >= 4 is 29.3 Å². The summed E-state index contributed by atoms with van der Waals surface area (Å²) in [7, 11) is 1.56. The van der Waals surface area contributed by atoms with Crippen LogP contribution in [0.15, 0.2) is 113 Å². The lowest BCUT2D eigenvalue weighted by Crippen LogP contribution is -2.31. The molecule has 0 saturated carbocycles. The molecule has 0 saturated heterocycles. The number of aromatic nitrogens is 3. The van der Waals surface area contributed by atoms with Gasteiger partial charge in [0.25, 0.3) is 5.91 Å². The number of amides is 1. The van der Waals surface area contributed by atoms with E-state index in [-0.39, 0.29) is 11.7 Å². The monoisotopic (exact) mass is 621 g/mol. The molecule has 2 heterocycles. The molecule has 1 atom stereocenters. The topological polar surface area (TPSA) is 90.3 Å². The van der Waals surface area contributed by atoms with Crippen LogP contribution in [0.2, 0.25) is 0 Å². The van der Waals surface area contributed by atoms with Crippen LogP contribution in [0.4, 0.5) is 16.0 Å². The molecular weight excluding hydrogens is 589 g/mol. The highest BCUT2D eigenvalue weighted by molar-refractivity contribution is 7.98. The summed E-state index contributed by atoms with van der Waals surface area (Å²) in [6, 6.07) is 29.1. The van der Waals surface area contributed by atoms with E-state index in [9.17, 15) is 9.18 Å². The minimum Gasteiger partial charge on any atom is -0.495 e. The number of halogens is 1. The SMILES string of the molecule is COc1ccccc1NC(=O)C1=C(C)Nc2nc(SCc3ccccc3F)nn2C1c1ccc(OCc2ccccc2C)cc1. The summed E-state index contributed by atoms with van der Waals surface area (Å²) >= 11 is 1.33. The fraction of sp³-hybridized carbons (Fsp3) is 0.171. The summed E-state index contributed by atoms with van der Waals surface area (Å²) in [4.78, 5) is 18.6. The lowest BCUT2D eigenvalue weighted by Gasteiger charge is -2.29. The summed E-state index contributed by atoms with van der Waals surface area (Å²) in [6.07, 6.45) is 0. The number of nitrogens with zero attached hydrogens (tertiary/aromatic N) is 3. The van der Waals surface area contributed by atoms with Crippen molar-refractivity contribution in [3.8, 4) is 11.5 Å². The van der Waals surface area contributed by atoms with Gasteiger partial charge >= 0.3 is 0 Å². The zero-order valence-electron chi connectivity index (χ0n) is 25.1. The highest BCUT2D eigenvalue weighted by Crippen LogP contribution is 2.38. The third-order valence-corrected chi connectivity index (χ3v) is 8.49. The molecule has 0 radical (unpaired) electrons. The number of anilines is 2. The number of aryl methyl sites for hydroxylation is 1. The Labute approximate surface area is 265 Å². The van der Waals surface area contributed by atoms with Crippen molar-refractivity contribution in [2.45, 2.75) is 37.4 Å². The normalized spacial score (nSPS) is 14.0. The van der Waals surface area contributed by atoms with Crippen molar-refractivity contribution < 1.29 is 18.7 Å². The summed E-state index contributed by atoms with van der Waals surface area (Å²) < 4.78 is 27.5. The molecule has 1 unspecified atom stereocenters. The molecule has 4 aromatic carbocycles. The summed E-state index contributed by atoms with van der Waals surface area (Å²) in [6.45, 7) is 4.35. The smallest absolute Gasteiger partial charge is 0.255 e. The molecule has 1 aliphatic heterocycles. The first-order valence-electron chi connectivity index (χ1n) is 14.4. The lowest BCUT2D eigenvalue weighted by atomic mass is 9.95. The molecular formula is C35H32FN5O3S. The Hall–Kier alpha value is -5.09. The van der Waals surface area contributed by atoms with Crippen molar-refractivity contribution in [1.82, 2.24) is 14.8 Å². The lowest BCUT2D eigenvalue weighted by molar-refractivity contribution is -0.113. The fourth-order valence-electron chi connectivity index (χ4n) is 5.17. The van der Waals surface area contributed by atoms with Gasteiger partial charge in [0.1, 0.15) is 30.0 Å². The van der Waals surface area contributed by atoms with Crippen LogP contribution >= 0.6 is 11.8 Å². The number of benzene rings is 4. The van der Waals surface area contributed by atoms with Gasteiger partial charge in [-0.2, -0.15) is 4.98 Å². The number of rotatable bonds is 10. The highest BCUT2D eigenvalue weighted by Gasteiger charge is 2.34. The molecule has 0 spiro atoms. The number of fused-ring (bicyclic) bond motifs is 1. The number of ether oxygens (including phenoxy) is 2. The van der Waals surface area contributed by atoms with Crippen molar-refractivity contribution in [2.75, 3.05) is 17.7 Å². The van der Waals surface area contributed by atoms with Crippen molar-refractivity contribution in [3.05, 3.63) is 136 Å². The molecule has 0 aliphatic carbocycles. The van der Waals surface area contributed by atoms with E-state index in [1.165, 1.54) is 17.8 Å². The van der Waals surface area contributed by atoms with E-state index < -0.39 is 6.04 Å². The van der Waals surface area contributed by atoms with E-state index in [1.807, 2.05) is 61.5 Å². The minimum atomic E-state index is -0.600. The molecule has 0 fully saturated rings. The van der Waals surface area contributed by atoms with Crippen molar-refractivity contribution in [1.29, 1.82) is 0 Å². The van der Waals surface area contributed by atoms with Crippen LogP contribution in [-0.4, -0.2) is 27.8 Å². The van der Waals surface area contributed by atoms with Gasteiger partial charge in [-0.15, -0.1) is 5.10 Å². The van der Waals surface area contributed by atoms with Gasteiger partial charge in [0.05, 0.1) is 18.4 Å². The predicted molar refractivity (Wildman–Crippen MR) is 174 cm³/mol. The van der Waals surface area contributed by atoms with E-state index in [1.54, 1.807) is 42.1 Å². The minimum absolute atomic E-state index is 0.275. The average Bonchev–Trinajstić information content (AvgIpc) is 3.46. The quantitative estimate of drug-likeness (QED) is 0.156. The van der Waals surface area contributed by atoms with Crippen LogP contribution in [-0.2, 0) is 17.2 Å². The number of hydrogen-bond donors (Lipinski definition) is 2. The number of thioether (sulfide) groups is 1. The fourth-order valence-corrected chi connectivity index (χ4v) is 5.99. The summed E-state index contributed by atoms with van der Waals surface area (Å²) in [5.74, 6) is 1.52. The Morgan fingerprint density at radius 3 is 2.42 bits per heavy atom. The van der Waals surface area contributed by atoms with Crippen LogP contribution in [0.5, 0.6) is 11.5 Å². The third kappa shape index (κ3) is 6.56. The van der Waals surface area contributed by atoms with Crippen molar-refractivity contribution in [2.24, 2.45) is 0 Å². The van der Waals surface area contributed by atoms with Gasteiger partial charge in [-0.1, -0.05) is 78.5 Å². The molecule has 1 aliphatic rings. The van der Waals surface area contributed by atoms with E-state index in [0.29, 0.717) is 57.5 Å². The van der Waals surface area contributed by atoms with Gasteiger partial charge in [-0.25, -0.2) is 9.07 Å². The van der Waals surface area contributed by atoms with Gasteiger partial charge in [0.2, 0.25) is 11.1 Å². The maximum atomic E-state index is 14.3. The Balaban J connectivity index is 1.31. The maximum Gasteiger partial charge on any atom is 0.255 e. The number of nitrogens with one attached hydrogen (secondary N) is 2. The second-order valence-corrected chi connectivity index (χ2v) is 11.5. The van der Waals surface area contributed by atoms with Crippen LogP contribution < -0.4 is 20.1 Å². The zero-order valence-corrected chi connectivity index (χ0v) is 25.9. The number of carbonyl (C=O) groups excluding carboxylic acids is 1. The molecule has 2 N–H and O–H groups in total. The first-order valence-corrected chi connectivity index (χ1v) is 15.4. The Kier molecular flexibility index (Phi) is 8.84. The number of methoxy groups -OCH3 is 1. The van der Waals surface area contributed by atoms with E-state index in [4.69, 9.17) is 14.6 Å². The molecule has 8 nitrogen and oxygen atoms in total. The molecule has 228 valence electrons. The second kappa shape index (κ2) is 13.3. The first kappa shape index (κ1) is 30.0. The standard InChI is InChI=1S/C35H32FN5O3S/c1-22-10-4-5-11-25(22)20-44-27-18-16-24(17-19-27)32-31(33(42)38-29-14-8-9-15-30(29)43-3)23(2)37-34-39-35(40-41(32)34)45-21-26-12-6-7-13-28(26)36/h4-19,32H,20-21H2,1-3H3,(H,38,42)(H,37,39,40). The zero-order chi connectivity index (χ0) is 31.3. The number of hydrogen-bond acceptors (Lipinski definition) is 7. The predicted octanol–water partition coefficient (Wildman–Crippen LogP) is 7.53. The largest absolute Gasteiger partial charge is 0.495 e. The summed E-state index contributed by atoms with van der Waals surface area (Å²) in [5.41, 5.74) is 5.32. The van der Waals surface area contributed by atoms with Gasteiger partial charge in [-0.05, 0) is 66.4 Å². The van der Waals surface area contributed by atoms with E-state index >= 15 is 0 Å². The Bertz CT molecular complexity index is 1870. The molecule has 10 heteroatoms. The average molecular weight is 622 g/mol. The third-order valence-electron chi connectivity index (χ3n) is 7.60. The van der Waals surface area contributed by atoms with Gasteiger partial charge in [-0.3, -0.25) is 4.79 Å². The van der Waals surface area contributed by atoms with Crippen LogP contribution in [0, 0.1) is 12.7 Å². The molecule has 1 amide bonds. The Morgan fingerprint density at radius 1 is 0.956 bits per heavy atom. The highest BCUT2D eigenvalue weighted by atomic mass is 32.2. The number of para-hydroxylation sites is 2.